The molecule has 0 saturated heterocycles. The highest BCUT2D eigenvalue weighted by molar-refractivity contribution is 9.10. The van der Waals surface area contributed by atoms with Crippen LogP contribution in [-0.2, 0) is 0 Å². The van der Waals surface area contributed by atoms with Gasteiger partial charge in [-0.3, -0.25) is 19.9 Å². The summed E-state index contributed by atoms with van der Waals surface area (Å²) in [5.74, 6) is -0.762. The van der Waals surface area contributed by atoms with Gasteiger partial charge in [0.25, 0.3) is 5.91 Å². The number of nitrogens with one attached hydrogen (secondary N) is 1. The van der Waals surface area contributed by atoms with Crippen molar-refractivity contribution in [1.29, 1.82) is 0 Å². The van der Waals surface area contributed by atoms with E-state index in [9.17, 15) is 20.0 Å². The first-order valence-electron chi connectivity index (χ1n) is 8.21. The second-order valence-electron chi connectivity index (χ2n) is 5.89. The van der Waals surface area contributed by atoms with Crippen molar-refractivity contribution in [2.24, 2.45) is 4.99 Å². The van der Waals surface area contributed by atoms with Crippen LogP contribution in [0, 0.1) is 10.1 Å². The van der Waals surface area contributed by atoms with Gasteiger partial charge < -0.3 is 10.4 Å². The Hall–Kier alpha value is -3.23. The molecule has 146 valence electrons. The molecule has 0 heterocycles. The molecular formula is C20H13BrClN3O4. The van der Waals surface area contributed by atoms with Gasteiger partial charge in [-0.15, -0.1) is 0 Å². The molecule has 0 spiro atoms. The minimum atomic E-state index is -0.672. The van der Waals surface area contributed by atoms with E-state index < -0.39 is 16.4 Å². The van der Waals surface area contributed by atoms with Gasteiger partial charge in [-0.25, -0.2) is 0 Å². The minimum absolute atomic E-state index is 0.199. The Morgan fingerprint density at radius 3 is 2.55 bits per heavy atom. The van der Waals surface area contributed by atoms with E-state index >= 15 is 0 Å². The lowest BCUT2D eigenvalue weighted by Gasteiger charge is -2.06. The lowest BCUT2D eigenvalue weighted by Crippen LogP contribution is -2.11. The van der Waals surface area contributed by atoms with E-state index in [0.29, 0.717) is 26.4 Å². The van der Waals surface area contributed by atoms with Gasteiger partial charge in [0.15, 0.2) is 0 Å². The van der Waals surface area contributed by atoms with Crippen LogP contribution in [0.1, 0.15) is 15.9 Å². The number of hydrogen-bond acceptors (Lipinski definition) is 5. The van der Waals surface area contributed by atoms with Crippen LogP contribution in [0.4, 0.5) is 17.1 Å². The summed E-state index contributed by atoms with van der Waals surface area (Å²) >= 11 is 9.06. The molecule has 3 rings (SSSR count). The van der Waals surface area contributed by atoms with Crippen LogP contribution in [0.2, 0.25) is 5.02 Å². The van der Waals surface area contributed by atoms with E-state index in [1.165, 1.54) is 18.3 Å². The second kappa shape index (κ2) is 8.85. The SMILES string of the molecule is O=C(Nc1ccc(N=Cc2cc(Br)cc([N+](=O)[O-])c2O)cc1)c1cccc(Cl)c1. The Morgan fingerprint density at radius 2 is 1.90 bits per heavy atom. The molecular weight excluding hydrogens is 462 g/mol. The van der Waals surface area contributed by atoms with Crippen molar-refractivity contribution in [2.75, 3.05) is 5.32 Å². The Morgan fingerprint density at radius 1 is 1.17 bits per heavy atom. The highest BCUT2D eigenvalue weighted by atomic mass is 79.9. The minimum Gasteiger partial charge on any atom is -0.502 e. The number of amides is 1. The number of hydrogen-bond donors (Lipinski definition) is 2. The molecule has 3 aromatic rings. The van der Waals surface area contributed by atoms with Gasteiger partial charge in [0, 0.05) is 38.6 Å². The van der Waals surface area contributed by atoms with Crippen LogP contribution in [-0.4, -0.2) is 22.2 Å². The van der Waals surface area contributed by atoms with Crippen LogP contribution >= 0.6 is 27.5 Å². The fraction of sp³-hybridized carbons (Fsp3) is 0. The van der Waals surface area contributed by atoms with Crippen LogP contribution in [0.25, 0.3) is 0 Å². The number of nitrogens with zero attached hydrogens (tertiary/aromatic N) is 2. The van der Waals surface area contributed by atoms with E-state index in [1.807, 2.05) is 0 Å². The highest BCUT2D eigenvalue weighted by Crippen LogP contribution is 2.32. The van der Waals surface area contributed by atoms with Crippen molar-refractivity contribution in [3.8, 4) is 5.75 Å². The number of rotatable bonds is 5. The summed E-state index contributed by atoms with van der Waals surface area (Å²) in [6.07, 6.45) is 1.33. The van der Waals surface area contributed by atoms with Crippen molar-refractivity contribution in [1.82, 2.24) is 0 Å². The molecule has 0 aliphatic heterocycles. The Balaban J connectivity index is 1.74. The number of benzene rings is 3. The summed E-state index contributed by atoms with van der Waals surface area (Å²) in [6.45, 7) is 0. The maximum Gasteiger partial charge on any atom is 0.312 e. The highest BCUT2D eigenvalue weighted by Gasteiger charge is 2.17. The fourth-order valence-electron chi connectivity index (χ4n) is 2.45. The summed E-state index contributed by atoms with van der Waals surface area (Å²) in [6, 6.07) is 16.0. The van der Waals surface area contributed by atoms with Gasteiger partial charge in [0.1, 0.15) is 0 Å². The molecule has 0 aliphatic carbocycles. The van der Waals surface area contributed by atoms with Gasteiger partial charge in [-0.1, -0.05) is 33.6 Å². The number of phenols is 1. The molecule has 0 aliphatic rings. The van der Waals surface area contributed by atoms with Crippen LogP contribution in [0.5, 0.6) is 5.75 Å². The lowest BCUT2D eigenvalue weighted by atomic mass is 10.2. The van der Waals surface area contributed by atoms with Crippen molar-refractivity contribution in [3.63, 3.8) is 0 Å². The van der Waals surface area contributed by atoms with Crippen molar-refractivity contribution >= 4 is 56.7 Å². The number of phenolic OH excluding ortho intramolecular Hbond substituents is 1. The Kier molecular flexibility index (Phi) is 6.26. The maximum absolute atomic E-state index is 12.2. The topological polar surface area (TPSA) is 105 Å². The van der Waals surface area contributed by atoms with Crippen LogP contribution in [0.3, 0.4) is 0 Å². The normalized spacial score (nSPS) is 10.8. The number of halogens is 2. The van der Waals surface area contributed by atoms with Gasteiger partial charge in [0.05, 0.1) is 10.6 Å². The van der Waals surface area contributed by atoms with E-state index in [4.69, 9.17) is 11.6 Å². The van der Waals surface area contributed by atoms with E-state index in [-0.39, 0.29) is 11.5 Å². The zero-order valence-electron chi connectivity index (χ0n) is 14.7. The number of aliphatic imine (C=N–C) groups is 1. The van der Waals surface area contributed by atoms with E-state index in [2.05, 4.69) is 26.2 Å². The summed E-state index contributed by atoms with van der Waals surface area (Å²) in [4.78, 5) is 26.8. The van der Waals surface area contributed by atoms with Crippen molar-refractivity contribution in [2.45, 2.75) is 0 Å². The van der Waals surface area contributed by atoms with Crippen LogP contribution < -0.4 is 5.32 Å². The van der Waals surface area contributed by atoms with Gasteiger partial charge in [0.2, 0.25) is 5.75 Å². The monoisotopic (exact) mass is 473 g/mol. The standard InChI is InChI=1S/C20H13BrClN3O4/c21-14-8-13(19(26)18(10-14)25(28)29)11-23-16-4-6-17(7-5-16)24-20(27)12-2-1-3-15(22)9-12/h1-11,26H,(H,24,27). The Bertz CT molecular complexity index is 1120. The molecule has 3 aromatic carbocycles. The molecule has 0 atom stereocenters. The number of carbonyl (C=O) groups excluding carboxylic acids is 1. The zero-order chi connectivity index (χ0) is 21.0. The van der Waals surface area contributed by atoms with Gasteiger partial charge >= 0.3 is 5.69 Å². The van der Waals surface area contributed by atoms with Crippen molar-refractivity contribution < 1.29 is 14.8 Å². The number of carbonyl (C=O) groups is 1. The Labute approximate surface area is 179 Å². The second-order valence-corrected chi connectivity index (χ2v) is 7.24. The number of aromatic hydroxyl groups is 1. The lowest BCUT2D eigenvalue weighted by molar-refractivity contribution is -0.385. The molecule has 9 heteroatoms. The molecule has 0 unspecified atom stereocenters. The average molecular weight is 475 g/mol. The molecule has 0 aromatic heterocycles. The quantitative estimate of drug-likeness (QED) is 0.280. The molecule has 0 saturated carbocycles. The largest absolute Gasteiger partial charge is 0.502 e. The third-order valence-electron chi connectivity index (χ3n) is 3.85. The zero-order valence-corrected chi connectivity index (χ0v) is 17.0. The van der Waals surface area contributed by atoms with Crippen molar-refractivity contribution in [3.05, 3.63) is 91.4 Å². The number of nitro benzene ring substituents is 1. The third-order valence-corrected chi connectivity index (χ3v) is 4.54. The molecule has 0 fully saturated rings. The summed E-state index contributed by atoms with van der Waals surface area (Å²) in [5, 5.41) is 24.2. The number of anilines is 1. The first kappa shape index (κ1) is 20.5. The van der Waals surface area contributed by atoms with Gasteiger partial charge in [-0.2, -0.15) is 0 Å². The predicted octanol–water partition coefficient (Wildman–Crippen LogP) is 5.72. The van der Waals surface area contributed by atoms with E-state index in [0.717, 1.165) is 0 Å². The van der Waals surface area contributed by atoms with Gasteiger partial charge in [-0.05, 0) is 48.5 Å². The van der Waals surface area contributed by atoms with Crippen LogP contribution in [0.15, 0.2) is 70.1 Å². The number of nitro groups is 1. The summed E-state index contributed by atoms with van der Waals surface area (Å²) in [7, 11) is 0. The smallest absolute Gasteiger partial charge is 0.312 e. The first-order valence-corrected chi connectivity index (χ1v) is 9.38. The molecule has 2 N–H and O–H groups in total. The molecule has 0 radical (unpaired) electrons. The van der Waals surface area contributed by atoms with E-state index in [1.54, 1.807) is 48.5 Å². The summed E-state index contributed by atoms with van der Waals surface area (Å²) in [5.41, 5.74) is 1.32. The molecule has 7 nitrogen and oxygen atoms in total. The molecule has 29 heavy (non-hydrogen) atoms. The fourth-order valence-corrected chi connectivity index (χ4v) is 3.10. The predicted molar refractivity (Wildman–Crippen MR) is 116 cm³/mol. The first-order chi connectivity index (χ1) is 13.8. The molecule has 1 amide bonds. The average Bonchev–Trinajstić information content (AvgIpc) is 2.69. The molecule has 0 bridgehead atoms. The maximum atomic E-state index is 12.2. The summed E-state index contributed by atoms with van der Waals surface area (Å²) < 4.78 is 0.447. The third kappa shape index (κ3) is 5.18.